The highest BCUT2D eigenvalue weighted by Gasteiger charge is 2.12. The summed E-state index contributed by atoms with van der Waals surface area (Å²) in [6.45, 7) is 3.85. The number of nitrogens with zero attached hydrogens (tertiary/aromatic N) is 2. The van der Waals surface area contributed by atoms with Crippen LogP contribution in [-0.4, -0.2) is 23.3 Å². The normalized spacial score (nSPS) is 10.9. The van der Waals surface area contributed by atoms with Gasteiger partial charge >= 0.3 is 0 Å². The van der Waals surface area contributed by atoms with Gasteiger partial charge in [0.1, 0.15) is 5.82 Å². The van der Waals surface area contributed by atoms with Gasteiger partial charge in [0.25, 0.3) is 0 Å². The van der Waals surface area contributed by atoms with Gasteiger partial charge in [0, 0.05) is 13.0 Å². The molecule has 6 heteroatoms. The summed E-state index contributed by atoms with van der Waals surface area (Å²) < 4.78 is 18.4. The molecule has 1 aromatic heterocycles. The van der Waals surface area contributed by atoms with Gasteiger partial charge in [-0.2, -0.15) is 0 Å². The van der Waals surface area contributed by atoms with E-state index in [1.54, 1.807) is 0 Å². The molecule has 0 fully saturated rings. The molecule has 0 amide bonds. The topological polar surface area (TPSA) is 51.0 Å². The molecular weight excluding hydrogens is 269 g/mol. The zero-order chi connectivity index (χ0) is 13.7. The molecule has 102 valence electrons. The molecule has 0 bridgehead atoms. The molecule has 0 spiro atoms. The molecule has 4 nitrogen and oxygen atoms in total. The molecule has 0 atom stereocenters. The zero-order valence-electron chi connectivity index (χ0n) is 10.6. The van der Waals surface area contributed by atoms with E-state index < -0.39 is 5.82 Å². The highest BCUT2D eigenvalue weighted by atomic mass is 35.5. The summed E-state index contributed by atoms with van der Waals surface area (Å²) in [6, 6.07) is 4.07. The van der Waals surface area contributed by atoms with Crippen LogP contribution in [0, 0.1) is 5.82 Å². The van der Waals surface area contributed by atoms with E-state index in [0.717, 1.165) is 19.5 Å². The number of benzene rings is 1. The second kappa shape index (κ2) is 6.63. The molecule has 0 saturated heterocycles. The standard InChI is InChI=1S/C13H15ClFN3O/c1-2-6-16-7-5-12-17-18-13(19-12)10-4-3-9(15)8-11(10)14/h3-4,8,16H,2,5-7H2,1H3. The molecule has 2 aromatic rings. The van der Waals surface area contributed by atoms with Gasteiger partial charge in [-0.05, 0) is 31.2 Å². The maximum absolute atomic E-state index is 12.9. The summed E-state index contributed by atoms with van der Waals surface area (Å²) in [5.41, 5.74) is 0.545. The summed E-state index contributed by atoms with van der Waals surface area (Å²) in [7, 11) is 0. The molecule has 0 aliphatic rings. The molecule has 1 aromatic carbocycles. The maximum Gasteiger partial charge on any atom is 0.249 e. The van der Waals surface area contributed by atoms with Crippen LogP contribution < -0.4 is 5.32 Å². The summed E-state index contributed by atoms with van der Waals surface area (Å²) in [5.74, 6) is 0.465. The Labute approximate surface area is 116 Å². The van der Waals surface area contributed by atoms with Crippen molar-refractivity contribution < 1.29 is 8.81 Å². The van der Waals surface area contributed by atoms with Gasteiger partial charge in [0.15, 0.2) is 0 Å². The van der Waals surface area contributed by atoms with Crippen molar-refractivity contribution in [1.82, 2.24) is 15.5 Å². The largest absolute Gasteiger partial charge is 0.421 e. The first-order chi connectivity index (χ1) is 9.20. The Balaban J connectivity index is 2.04. The van der Waals surface area contributed by atoms with Gasteiger partial charge in [-0.15, -0.1) is 10.2 Å². The van der Waals surface area contributed by atoms with E-state index in [2.05, 4.69) is 22.4 Å². The summed E-state index contributed by atoms with van der Waals surface area (Å²) in [6.07, 6.45) is 1.74. The lowest BCUT2D eigenvalue weighted by atomic mass is 10.2. The minimum atomic E-state index is -0.391. The molecule has 19 heavy (non-hydrogen) atoms. The minimum Gasteiger partial charge on any atom is -0.421 e. The SMILES string of the molecule is CCCNCCc1nnc(-c2ccc(F)cc2Cl)o1. The summed E-state index contributed by atoms with van der Waals surface area (Å²) in [4.78, 5) is 0. The maximum atomic E-state index is 12.9. The van der Waals surface area contributed by atoms with Crippen molar-refractivity contribution in [2.75, 3.05) is 13.1 Å². The van der Waals surface area contributed by atoms with Gasteiger partial charge in [-0.1, -0.05) is 18.5 Å². The van der Waals surface area contributed by atoms with Gasteiger partial charge in [0.2, 0.25) is 11.8 Å². The number of hydrogen-bond acceptors (Lipinski definition) is 4. The number of rotatable bonds is 6. The van der Waals surface area contributed by atoms with Crippen LogP contribution >= 0.6 is 11.6 Å². The van der Waals surface area contributed by atoms with Crippen molar-refractivity contribution >= 4 is 11.6 Å². The first kappa shape index (κ1) is 14.0. The van der Waals surface area contributed by atoms with E-state index in [4.69, 9.17) is 16.0 Å². The van der Waals surface area contributed by atoms with Gasteiger partial charge in [-0.3, -0.25) is 0 Å². The predicted molar refractivity (Wildman–Crippen MR) is 71.6 cm³/mol. The molecule has 0 aliphatic heterocycles. The molecule has 0 saturated carbocycles. The van der Waals surface area contributed by atoms with Crippen molar-refractivity contribution in [3.63, 3.8) is 0 Å². The third kappa shape index (κ3) is 3.75. The second-order valence-corrected chi connectivity index (χ2v) is 4.53. The van der Waals surface area contributed by atoms with E-state index in [1.165, 1.54) is 18.2 Å². The van der Waals surface area contributed by atoms with Crippen molar-refractivity contribution in [3.05, 3.63) is 34.9 Å². The lowest BCUT2D eigenvalue weighted by Crippen LogP contribution is -2.17. The Morgan fingerprint density at radius 3 is 2.89 bits per heavy atom. The lowest BCUT2D eigenvalue weighted by molar-refractivity contribution is 0.494. The molecule has 0 radical (unpaired) electrons. The Morgan fingerprint density at radius 2 is 2.16 bits per heavy atom. The molecule has 0 unspecified atom stereocenters. The average Bonchev–Trinajstić information content (AvgIpc) is 2.83. The van der Waals surface area contributed by atoms with Crippen LogP contribution in [0.25, 0.3) is 11.5 Å². The Bertz CT molecular complexity index is 544. The van der Waals surface area contributed by atoms with E-state index in [0.29, 0.717) is 23.8 Å². The fourth-order valence-electron chi connectivity index (χ4n) is 1.62. The van der Waals surface area contributed by atoms with Gasteiger partial charge < -0.3 is 9.73 Å². The summed E-state index contributed by atoms with van der Waals surface area (Å²) in [5, 5.41) is 11.4. The van der Waals surface area contributed by atoms with Crippen LogP contribution in [0.1, 0.15) is 19.2 Å². The van der Waals surface area contributed by atoms with Crippen LogP contribution in [-0.2, 0) is 6.42 Å². The third-order valence-electron chi connectivity index (χ3n) is 2.57. The molecule has 2 rings (SSSR count). The smallest absolute Gasteiger partial charge is 0.249 e. The fourth-order valence-corrected chi connectivity index (χ4v) is 1.87. The molecule has 0 aliphatic carbocycles. The molecule has 1 heterocycles. The average molecular weight is 284 g/mol. The predicted octanol–water partition coefficient (Wildman–Crippen LogP) is 3.07. The van der Waals surface area contributed by atoms with Crippen LogP contribution in [0.5, 0.6) is 0 Å². The first-order valence-electron chi connectivity index (χ1n) is 6.19. The van der Waals surface area contributed by atoms with E-state index in [-0.39, 0.29) is 5.02 Å². The first-order valence-corrected chi connectivity index (χ1v) is 6.57. The van der Waals surface area contributed by atoms with Crippen molar-refractivity contribution in [2.45, 2.75) is 19.8 Å². The molecule has 1 N–H and O–H groups in total. The molecular formula is C13H15ClFN3O. The Hall–Kier alpha value is -1.46. The fraction of sp³-hybridized carbons (Fsp3) is 0.385. The zero-order valence-corrected chi connectivity index (χ0v) is 11.4. The van der Waals surface area contributed by atoms with Crippen LogP contribution in [0.3, 0.4) is 0 Å². The van der Waals surface area contributed by atoms with Crippen molar-refractivity contribution in [1.29, 1.82) is 0 Å². The van der Waals surface area contributed by atoms with Crippen LogP contribution in [0.15, 0.2) is 22.6 Å². The van der Waals surface area contributed by atoms with Crippen LogP contribution in [0.4, 0.5) is 4.39 Å². The van der Waals surface area contributed by atoms with Gasteiger partial charge in [0.05, 0.1) is 10.6 Å². The number of aromatic nitrogens is 2. The van der Waals surface area contributed by atoms with E-state index in [1.807, 2.05) is 0 Å². The quantitative estimate of drug-likeness (QED) is 0.828. The lowest BCUT2D eigenvalue weighted by Gasteiger charge is -1.99. The Kier molecular flexibility index (Phi) is 4.87. The third-order valence-corrected chi connectivity index (χ3v) is 2.88. The Morgan fingerprint density at radius 1 is 1.32 bits per heavy atom. The number of hydrogen-bond donors (Lipinski definition) is 1. The van der Waals surface area contributed by atoms with Gasteiger partial charge in [-0.25, -0.2) is 4.39 Å². The number of nitrogens with one attached hydrogen (secondary N) is 1. The second-order valence-electron chi connectivity index (χ2n) is 4.13. The number of halogens is 2. The summed E-state index contributed by atoms with van der Waals surface area (Å²) >= 11 is 5.94. The highest BCUT2D eigenvalue weighted by molar-refractivity contribution is 6.33. The monoisotopic (exact) mass is 283 g/mol. The van der Waals surface area contributed by atoms with Crippen molar-refractivity contribution in [3.8, 4) is 11.5 Å². The minimum absolute atomic E-state index is 0.263. The van der Waals surface area contributed by atoms with Crippen LogP contribution in [0.2, 0.25) is 5.02 Å². The van der Waals surface area contributed by atoms with Crippen molar-refractivity contribution in [2.24, 2.45) is 0 Å². The highest BCUT2D eigenvalue weighted by Crippen LogP contribution is 2.27. The van der Waals surface area contributed by atoms with E-state index >= 15 is 0 Å². The van der Waals surface area contributed by atoms with E-state index in [9.17, 15) is 4.39 Å².